The van der Waals surface area contributed by atoms with Crippen LogP contribution in [0.5, 0.6) is 0 Å². The van der Waals surface area contributed by atoms with Crippen LogP contribution < -0.4 is 10.6 Å². The lowest BCUT2D eigenvalue weighted by atomic mass is 9.73. The highest BCUT2D eigenvalue weighted by atomic mass is 19.1. The highest BCUT2D eigenvalue weighted by Crippen LogP contribution is 2.50. The molecule has 1 aliphatic carbocycles. The Morgan fingerprint density at radius 2 is 1.97 bits per heavy atom. The second-order valence-corrected chi connectivity index (χ2v) is 8.90. The Morgan fingerprint density at radius 1 is 1.12 bits per heavy atom. The van der Waals surface area contributed by atoms with Crippen molar-refractivity contribution in [2.45, 2.75) is 32.2 Å². The smallest absolute Gasteiger partial charge is 0.155 e. The molecule has 0 saturated carbocycles. The molecule has 0 radical (unpaired) electrons. The molecule has 2 aliphatic rings. The number of nitrogens with two attached hydrogens (primary N) is 1. The van der Waals surface area contributed by atoms with E-state index in [2.05, 4.69) is 26.0 Å². The Kier molecular flexibility index (Phi) is 4.26. The first kappa shape index (κ1) is 19.3. The van der Waals surface area contributed by atoms with E-state index in [0.29, 0.717) is 11.3 Å². The molecule has 8 heteroatoms. The van der Waals surface area contributed by atoms with Crippen LogP contribution in [0.25, 0.3) is 16.8 Å². The zero-order chi connectivity index (χ0) is 21.9. The highest BCUT2D eigenvalue weighted by Gasteiger charge is 2.46. The Labute approximate surface area is 185 Å². The minimum Gasteiger partial charge on any atom is -0.355 e. The van der Waals surface area contributed by atoms with Crippen molar-refractivity contribution in [3.05, 3.63) is 71.8 Å². The van der Waals surface area contributed by atoms with Crippen molar-refractivity contribution in [3.63, 3.8) is 0 Å². The maximum Gasteiger partial charge on any atom is 0.155 e. The molecule has 0 aromatic carbocycles. The molecule has 32 heavy (non-hydrogen) atoms. The summed E-state index contributed by atoms with van der Waals surface area (Å²) < 4.78 is 16.3. The van der Waals surface area contributed by atoms with Crippen molar-refractivity contribution in [1.29, 1.82) is 0 Å². The topological polar surface area (TPSA) is 85.2 Å². The molecule has 0 bridgehead atoms. The number of aryl methyl sites for hydroxylation is 1. The molecule has 2 N–H and O–H groups in total. The summed E-state index contributed by atoms with van der Waals surface area (Å²) >= 11 is 0. The van der Waals surface area contributed by atoms with Gasteiger partial charge < -0.3 is 10.6 Å². The fraction of sp³-hybridized carbons (Fsp3) is 0.333. The number of piperidine rings is 1. The van der Waals surface area contributed by atoms with Gasteiger partial charge in [0.1, 0.15) is 5.52 Å². The zero-order valence-electron chi connectivity index (χ0n) is 17.9. The van der Waals surface area contributed by atoms with Crippen LogP contribution in [0.1, 0.15) is 35.8 Å². The molecular weight excluding hydrogens is 405 g/mol. The van der Waals surface area contributed by atoms with E-state index in [1.54, 1.807) is 23.0 Å². The normalized spacial score (nSPS) is 19.6. The summed E-state index contributed by atoms with van der Waals surface area (Å²) in [5.74, 6) is 0.500. The van der Waals surface area contributed by atoms with Gasteiger partial charge in [0, 0.05) is 42.8 Å². The molecule has 1 fully saturated rings. The van der Waals surface area contributed by atoms with E-state index in [1.165, 1.54) is 11.8 Å². The third kappa shape index (κ3) is 2.75. The molecule has 4 aromatic rings. The van der Waals surface area contributed by atoms with Crippen LogP contribution >= 0.6 is 0 Å². The van der Waals surface area contributed by atoms with Gasteiger partial charge in [-0.1, -0.05) is 6.07 Å². The van der Waals surface area contributed by atoms with Crippen molar-refractivity contribution < 1.29 is 4.39 Å². The number of aromatic nitrogens is 5. The van der Waals surface area contributed by atoms with Gasteiger partial charge in [0.15, 0.2) is 11.6 Å². The molecule has 1 spiro atoms. The second-order valence-electron chi connectivity index (χ2n) is 8.90. The van der Waals surface area contributed by atoms with E-state index in [1.807, 2.05) is 25.3 Å². The minimum absolute atomic E-state index is 0.0232. The first-order valence-electron chi connectivity index (χ1n) is 11.0. The van der Waals surface area contributed by atoms with E-state index < -0.39 is 0 Å². The molecule has 4 aromatic heterocycles. The third-order valence-corrected chi connectivity index (χ3v) is 7.23. The molecule has 0 unspecified atom stereocenters. The number of hydrogen-bond donors (Lipinski definition) is 1. The lowest BCUT2D eigenvalue weighted by molar-refractivity contribution is 0.187. The Balaban J connectivity index is 1.34. The predicted molar refractivity (Wildman–Crippen MR) is 120 cm³/mol. The number of hydrogen-bond acceptors (Lipinski definition) is 6. The number of nitrogens with zero attached hydrogens (tertiary/aromatic N) is 6. The van der Waals surface area contributed by atoms with Gasteiger partial charge in [0.2, 0.25) is 0 Å². The Hall–Kier alpha value is -3.39. The quantitative estimate of drug-likeness (QED) is 0.525. The highest BCUT2D eigenvalue weighted by molar-refractivity contribution is 5.75. The molecule has 1 atom stereocenters. The van der Waals surface area contributed by atoms with E-state index in [4.69, 9.17) is 10.7 Å². The fourth-order valence-corrected chi connectivity index (χ4v) is 5.49. The van der Waals surface area contributed by atoms with E-state index in [-0.39, 0.29) is 17.3 Å². The largest absolute Gasteiger partial charge is 0.355 e. The lowest BCUT2D eigenvalue weighted by Crippen LogP contribution is -2.44. The van der Waals surface area contributed by atoms with Crippen molar-refractivity contribution >= 4 is 11.3 Å². The first-order valence-corrected chi connectivity index (χ1v) is 11.0. The molecule has 1 aliphatic heterocycles. The van der Waals surface area contributed by atoms with Crippen molar-refractivity contribution in [2.24, 2.45) is 11.1 Å². The summed E-state index contributed by atoms with van der Waals surface area (Å²) in [5.41, 5.74) is 11.8. The first-order chi connectivity index (χ1) is 15.6. The molecule has 6 rings (SSSR count). The third-order valence-electron chi connectivity index (χ3n) is 7.23. The average molecular weight is 430 g/mol. The van der Waals surface area contributed by atoms with Crippen LogP contribution in [-0.4, -0.2) is 37.7 Å². The number of anilines is 1. The van der Waals surface area contributed by atoms with Gasteiger partial charge in [-0.05, 0) is 55.4 Å². The van der Waals surface area contributed by atoms with E-state index >= 15 is 0 Å². The summed E-state index contributed by atoms with van der Waals surface area (Å²) in [6, 6.07) is 7.72. The van der Waals surface area contributed by atoms with Crippen LogP contribution in [0.4, 0.5) is 10.2 Å². The SMILES string of the molecule is Cc1nc(N2CCC3(CC2)Cc2ncccc2[C@H]3N)c2ccnn2c1-c1ccncc1F. The van der Waals surface area contributed by atoms with Crippen molar-refractivity contribution in [2.75, 3.05) is 18.0 Å². The maximum atomic E-state index is 14.5. The monoisotopic (exact) mass is 429 g/mol. The summed E-state index contributed by atoms with van der Waals surface area (Å²) in [6.07, 6.45) is 9.30. The number of pyridine rings is 2. The van der Waals surface area contributed by atoms with Gasteiger partial charge in [0.05, 0.1) is 23.8 Å². The number of halogens is 1. The predicted octanol–water partition coefficient (Wildman–Crippen LogP) is 3.48. The standard InChI is InChI=1S/C24H24FN7/c1-15-21(16-4-9-27-14-18(16)25)32-20(5-10-29-32)23(30-15)31-11-6-24(7-12-31)13-19-17(22(24)26)3-2-8-28-19/h2-5,8-10,14,22H,6-7,11-13,26H2,1H3/t22-/m1/s1. The van der Waals surface area contributed by atoms with Gasteiger partial charge >= 0.3 is 0 Å². The number of rotatable bonds is 2. The molecule has 162 valence electrons. The van der Waals surface area contributed by atoms with Crippen LogP contribution in [0, 0.1) is 18.2 Å². The molecule has 0 amide bonds. The van der Waals surface area contributed by atoms with Crippen LogP contribution in [0.15, 0.2) is 49.1 Å². The average Bonchev–Trinajstić information content (AvgIpc) is 3.39. The van der Waals surface area contributed by atoms with Gasteiger partial charge in [-0.3, -0.25) is 9.97 Å². The lowest BCUT2D eigenvalue weighted by Gasteiger charge is -2.42. The Bertz CT molecular complexity index is 1320. The molecule has 5 heterocycles. The van der Waals surface area contributed by atoms with Gasteiger partial charge in [-0.2, -0.15) is 5.10 Å². The van der Waals surface area contributed by atoms with Crippen LogP contribution in [-0.2, 0) is 6.42 Å². The molecule has 7 nitrogen and oxygen atoms in total. The summed E-state index contributed by atoms with van der Waals surface area (Å²) in [5, 5.41) is 4.50. The summed E-state index contributed by atoms with van der Waals surface area (Å²) in [4.78, 5) is 15.7. The minimum atomic E-state index is -0.384. The maximum absolute atomic E-state index is 14.5. The van der Waals surface area contributed by atoms with Crippen LogP contribution in [0.3, 0.4) is 0 Å². The van der Waals surface area contributed by atoms with Crippen molar-refractivity contribution in [3.8, 4) is 11.3 Å². The Morgan fingerprint density at radius 3 is 2.75 bits per heavy atom. The van der Waals surface area contributed by atoms with Gasteiger partial charge in [-0.25, -0.2) is 13.9 Å². The molecular formula is C24H24FN7. The fourth-order valence-electron chi connectivity index (χ4n) is 5.49. The number of fused-ring (bicyclic) bond motifs is 2. The van der Waals surface area contributed by atoms with E-state index in [9.17, 15) is 4.39 Å². The summed E-state index contributed by atoms with van der Waals surface area (Å²) in [6.45, 7) is 3.62. The van der Waals surface area contributed by atoms with Gasteiger partial charge in [0.25, 0.3) is 0 Å². The molecule has 1 saturated heterocycles. The van der Waals surface area contributed by atoms with E-state index in [0.717, 1.165) is 55.1 Å². The summed E-state index contributed by atoms with van der Waals surface area (Å²) in [7, 11) is 0. The zero-order valence-corrected chi connectivity index (χ0v) is 17.9. The van der Waals surface area contributed by atoms with Crippen molar-refractivity contribution in [1.82, 2.24) is 24.6 Å². The van der Waals surface area contributed by atoms with Crippen LogP contribution in [0.2, 0.25) is 0 Å². The van der Waals surface area contributed by atoms with Gasteiger partial charge in [-0.15, -0.1) is 0 Å². The second kappa shape index (κ2) is 7.06.